The van der Waals surface area contributed by atoms with Crippen molar-refractivity contribution in [2.45, 2.75) is 32.2 Å². The highest BCUT2D eigenvalue weighted by molar-refractivity contribution is 7.89. The van der Waals surface area contributed by atoms with Crippen molar-refractivity contribution in [3.63, 3.8) is 0 Å². The number of hydrogen-bond acceptors (Lipinski definition) is 3. The van der Waals surface area contributed by atoms with Crippen LogP contribution in [0.15, 0.2) is 0 Å². The molecule has 0 aromatic carbocycles. The van der Waals surface area contributed by atoms with Crippen LogP contribution in [-0.2, 0) is 14.8 Å². The van der Waals surface area contributed by atoms with Crippen LogP contribution in [0.3, 0.4) is 0 Å². The zero-order valence-electron chi connectivity index (χ0n) is 9.99. The maximum atomic E-state index is 11.6. The topological polar surface area (TPSA) is 66.5 Å². The van der Waals surface area contributed by atoms with Crippen molar-refractivity contribution in [2.75, 3.05) is 24.7 Å². The number of amides is 1. The number of nitrogens with one attached hydrogen (secondary N) is 1. The molecule has 1 heterocycles. The minimum atomic E-state index is -3.27. The number of carbonyl (C=O) groups excluding carboxylic acids is 1. The van der Waals surface area contributed by atoms with E-state index in [2.05, 4.69) is 4.72 Å². The molecule has 1 amide bonds. The van der Waals surface area contributed by atoms with Gasteiger partial charge >= 0.3 is 0 Å². The lowest BCUT2D eigenvalue weighted by molar-refractivity contribution is -0.127. The Bertz CT molecular complexity index is 359. The summed E-state index contributed by atoms with van der Waals surface area (Å²) in [6, 6.07) is -0.252. The van der Waals surface area contributed by atoms with Crippen LogP contribution in [0.2, 0.25) is 0 Å². The van der Waals surface area contributed by atoms with Gasteiger partial charge in [-0.3, -0.25) is 4.79 Å². The first kappa shape index (κ1) is 14.7. The molecule has 0 aromatic heterocycles. The molecule has 0 spiro atoms. The maximum Gasteiger partial charge on any atom is 0.222 e. The van der Waals surface area contributed by atoms with Crippen LogP contribution in [0, 0.1) is 0 Å². The molecule has 5 nitrogen and oxygen atoms in total. The van der Waals surface area contributed by atoms with Gasteiger partial charge < -0.3 is 4.90 Å². The summed E-state index contributed by atoms with van der Waals surface area (Å²) in [5.41, 5.74) is 0. The molecule has 1 fully saturated rings. The van der Waals surface area contributed by atoms with Gasteiger partial charge in [0.25, 0.3) is 0 Å². The average molecular weight is 283 g/mol. The largest absolute Gasteiger partial charge is 0.341 e. The highest BCUT2D eigenvalue weighted by Gasteiger charge is 2.23. The van der Waals surface area contributed by atoms with Crippen molar-refractivity contribution in [3.05, 3.63) is 0 Å². The fraction of sp³-hybridized carbons (Fsp3) is 0.900. The summed E-state index contributed by atoms with van der Waals surface area (Å²) in [6.45, 7) is 2.94. The predicted molar refractivity (Wildman–Crippen MR) is 67.5 cm³/mol. The van der Waals surface area contributed by atoms with Gasteiger partial charge in [0.05, 0.1) is 5.75 Å². The number of halogens is 1. The number of nitrogens with zero attached hydrogens (tertiary/aromatic N) is 1. The van der Waals surface area contributed by atoms with Gasteiger partial charge in [-0.15, -0.1) is 11.6 Å². The van der Waals surface area contributed by atoms with E-state index in [1.165, 1.54) is 0 Å². The first-order valence-corrected chi connectivity index (χ1v) is 7.97. The predicted octanol–water partition coefficient (Wildman–Crippen LogP) is 0.546. The molecule has 7 heteroatoms. The zero-order chi connectivity index (χ0) is 12.9. The number of rotatable bonds is 7. The lowest BCUT2D eigenvalue weighted by Gasteiger charge is -2.21. The third-order valence-corrected chi connectivity index (χ3v) is 4.45. The van der Waals surface area contributed by atoms with Crippen LogP contribution in [0.4, 0.5) is 0 Å². The fourth-order valence-corrected chi connectivity index (χ4v) is 3.50. The first-order chi connectivity index (χ1) is 7.94. The average Bonchev–Trinajstić information content (AvgIpc) is 2.61. The van der Waals surface area contributed by atoms with Crippen molar-refractivity contribution in [3.8, 4) is 0 Å². The molecule has 0 saturated carbocycles. The van der Waals surface area contributed by atoms with Gasteiger partial charge in [0.15, 0.2) is 0 Å². The molecule has 0 aliphatic carbocycles. The molecular weight excluding hydrogens is 264 g/mol. The smallest absolute Gasteiger partial charge is 0.222 e. The van der Waals surface area contributed by atoms with Crippen molar-refractivity contribution >= 4 is 27.5 Å². The van der Waals surface area contributed by atoms with Crippen molar-refractivity contribution < 1.29 is 13.2 Å². The van der Waals surface area contributed by atoms with E-state index in [1.54, 1.807) is 11.8 Å². The minimum Gasteiger partial charge on any atom is -0.341 e. The van der Waals surface area contributed by atoms with Gasteiger partial charge in [0.2, 0.25) is 15.9 Å². The molecule has 1 atom stereocenters. The SMILES string of the molecule is CC(CN1CCCC1=O)NS(=O)(=O)CCCCl. The summed E-state index contributed by atoms with van der Waals surface area (Å²) in [4.78, 5) is 13.1. The van der Waals surface area contributed by atoms with Crippen molar-refractivity contribution in [1.29, 1.82) is 0 Å². The fourth-order valence-electron chi connectivity index (χ4n) is 1.87. The van der Waals surface area contributed by atoms with Gasteiger partial charge in [-0.05, 0) is 19.8 Å². The van der Waals surface area contributed by atoms with Gasteiger partial charge in [0, 0.05) is 31.4 Å². The molecule has 1 saturated heterocycles. The Morgan fingerprint density at radius 2 is 2.24 bits per heavy atom. The summed E-state index contributed by atoms with van der Waals surface area (Å²) in [5, 5.41) is 0. The molecule has 0 radical (unpaired) electrons. The Balaban J connectivity index is 2.38. The quantitative estimate of drug-likeness (QED) is 0.693. The summed E-state index contributed by atoms with van der Waals surface area (Å²) < 4.78 is 25.7. The van der Waals surface area contributed by atoms with E-state index < -0.39 is 10.0 Å². The highest BCUT2D eigenvalue weighted by Crippen LogP contribution is 2.10. The molecule has 1 aliphatic heterocycles. The van der Waals surface area contributed by atoms with Crippen LogP contribution in [-0.4, -0.2) is 50.0 Å². The normalized spacial score (nSPS) is 18.7. The molecule has 100 valence electrons. The highest BCUT2D eigenvalue weighted by atomic mass is 35.5. The van der Waals surface area contributed by atoms with Gasteiger partial charge in [-0.2, -0.15) is 0 Å². The summed E-state index contributed by atoms with van der Waals surface area (Å²) in [7, 11) is -3.27. The monoisotopic (exact) mass is 282 g/mol. The van der Waals surface area contributed by atoms with E-state index in [9.17, 15) is 13.2 Å². The number of alkyl halides is 1. The molecule has 1 unspecified atom stereocenters. The van der Waals surface area contributed by atoms with Crippen LogP contribution in [0.1, 0.15) is 26.2 Å². The van der Waals surface area contributed by atoms with E-state index in [0.717, 1.165) is 13.0 Å². The Hall–Kier alpha value is -0.330. The number of carbonyl (C=O) groups is 1. The number of sulfonamides is 1. The molecule has 0 aromatic rings. The van der Waals surface area contributed by atoms with Gasteiger partial charge in [0.1, 0.15) is 0 Å². The Kier molecular flexibility index (Phi) is 5.69. The standard InChI is InChI=1S/C10H19ClN2O3S/c1-9(8-13-6-2-4-10(13)14)12-17(15,16)7-3-5-11/h9,12H,2-8H2,1H3. The zero-order valence-corrected chi connectivity index (χ0v) is 11.6. The van der Waals surface area contributed by atoms with Crippen molar-refractivity contribution in [1.82, 2.24) is 9.62 Å². The Labute approximate surface area is 108 Å². The van der Waals surface area contributed by atoms with E-state index in [0.29, 0.717) is 25.3 Å². The second-order valence-electron chi connectivity index (χ2n) is 4.32. The van der Waals surface area contributed by atoms with Crippen LogP contribution in [0.25, 0.3) is 0 Å². The maximum absolute atomic E-state index is 11.6. The molecule has 1 rings (SSSR count). The lowest BCUT2D eigenvalue weighted by atomic mass is 10.3. The summed E-state index contributed by atoms with van der Waals surface area (Å²) in [6.07, 6.45) is 1.88. The van der Waals surface area contributed by atoms with E-state index >= 15 is 0 Å². The summed E-state index contributed by atoms with van der Waals surface area (Å²) in [5.74, 6) is 0.478. The molecule has 17 heavy (non-hydrogen) atoms. The van der Waals surface area contributed by atoms with E-state index in [4.69, 9.17) is 11.6 Å². The van der Waals surface area contributed by atoms with Crippen LogP contribution >= 0.6 is 11.6 Å². The Morgan fingerprint density at radius 1 is 1.53 bits per heavy atom. The Morgan fingerprint density at radius 3 is 2.76 bits per heavy atom. The van der Waals surface area contributed by atoms with Crippen LogP contribution in [0.5, 0.6) is 0 Å². The number of hydrogen-bond donors (Lipinski definition) is 1. The first-order valence-electron chi connectivity index (χ1n) is 5.78. The second kappa shape index (κ2) is 6.56. The molecule has 1 aliphatic rings. The van der Waals surface area contributed by atoms with E-state index in [1.807, 2.05) is 0 Å². The van der Waals surface area contributed by atoms with Gasteiger partial charge in [-0.25, -0.2) is 13.1 Å². The van der Waals surface area contributed by atoms with Crippen LogP contribution < -0.4 is 4.72 Å². The molecule has 0 bridgehead atoms. The summed E-state index contributed by atoms with van der Waals surface area (Å²) >= 11 is 5.46. The van der Waals surface area contributed by atoms with Gasteiger partial charge in [-0.1, -0.05) is 0 Å². The molecule has 1 N–H and O–H groups in total. The lowest BCUT2D eigenvalue weighted by Crippen LogP contribution is -2.43. The van der Waals surface area contributed by atoms with E-state index in [-0.39, 0.29) is 17.7 Å². The number of likely N-dealkylation sites (tertiary alicyclic amines) is 1. The third kappa shape index (κ3) is 5.23. The minimum absolute atomic E-state index is 0.0365. The molecular formula is C10H19ClN2O3S. The second-order valence-corrected chi connectivity index (χ2v) is 6.58. The van der Waals surface area contributed by atoms with Crippen molar-refractivity contribution in [2.24, 2.45) is 0 Å². The third-order valence-electron chi connectivity index (χ3n) is 2.59.